The SMILES string of the molecule is CC(C)NS(=O)(=O)c1ccc(Br)c(C(=O)NC(c2ccccc2)C(C)C)c1. The number of carbonyl (C=O) groups is 1. The van der Waals surface area contributed by atoms with Crippen molar-refractivity contribution in [3.8, 4) is 0 Å². The second-order valence-electron chi connectivity index (χ2n) is 7.02. The van der Waals surface area contributed by atoms with E-state index in [0.717, 1.165) is 5.56 Å². The van der Waals surface area contributed by atoms with Crippen LogP contribution in [0.3, 0.4) is 0 Å². The first-order valence-electron chi connectivity index (χ1n) is 8.79. The van der Waals surface area contributed by atoms with Crippen LogP contribution in [0.1, 0.15) is 49.7 Å². The van der Waals surface area contributed by atoms with Crippen LogP contribution in [0.25, 0.3) is 0 Å². The fourth-order valence-electron chi connectivity index (χ4n) is 2.74. The van der Waals surface area contributed by atoms with Gasteiger partial charge in [0, 0.05) is 10.5 Å². The van der Waals surface area contributed by atoms with Gasteiger partial charge in [0.05, 0.1) is 16.5 Å². The molecule has 0 aliphatic heterocycles. The molecule has 1 amide bonds. The lowest BCUT2D eigenvalue weighted by Crippen LogP contribution is -2.33. The Labute approximate surface area is 169 Å². The number of carbonyl (C=O) groups excluding carboxylic acids is 1. The zero-order valence-corrected chi connectivity index (χ0v) is 18.3. The molecule has 0 radical (unpaired) electrons. The third-order valence-corrected chi connectivity index (χ3v) is 6.34. The molecule has 0 fully saturated rings. The average Bonchev–Trinajstić information content (AvgIpc) is 2.59. The van der Waals surface area contributed by atoms with E-state index >= 15 is 0 Å². The number of halogens is 1. The van der Waals surface area contributed by atoms with E-state index in [1.54, 1.807) is 19.9 Å². The normalized spacial score (nSPS) is 13.0. The lowest BCUT2D eigenvalue weighted by atomic mass is 9.95. The van der Waals surface area contributed by atoms with Gasteiger partial charge in [0.25, 0.3) is 5.91 Å². The van der Waals surface area contributed by atoms with Crippen LogP contribution < -0.4 is 10.0 Å². The molecule has 0 saturated heterocycles. The van der Waals surface area contributed by atoms with Crippen molar-refractivity contribution in [3.05, 3.63) is 64.1 Å². The molecule has 0 aromatic heterocycles. The van der Waals surface area contributed by atoms with Gasteiger partial charge < -0.3 is 5.32 Å². The standard InChI is InChI=1S/C20H25BrN2O3S/c1-13(2)19(15-8-6-5-7-9-15)22-20(24)17-12-16(10-11-18(17)21)27(25,26)23-14(3)4/h5-14,19,23H,1-4H3,(H,22,24). The number of nitrogens with one attached hydrogen (secondary N) is 2. The van der Waals surface area contributed by atoms with Gasteiger partial charge in [-0.15, -0.1) is 0 Å². The lowest BCUT2D eigenvalue weighted by Gasteiger charge is -2.23. The smallest absolute Gasteiger partial charge is 0.252 e. The fraction of sp³-hybridized carbons (Fsp3) is 0.350. The van der Waals surface area contributed by atoms with Gasteiger partial charge in [0.1, 0.15) is 0 Å². The van der Waals surface area contributed by atoms with Crippen LogP contribution in [0.15, 0.2) is 57.9 Å². The summed E-state index contributed by atoms with van der Waals surface area (Å²) in [6, 6.07) is 13.7. The first-order valence-corrected chi connectivity index (χ1v) is 11.1. The molecule has 0 spiro atoms. The summed E-state index contributed by atoms with van der Waals surface area (Å²) in [6.07, 6.45) is 0. The van der Waals surface area contributed by atoms with Crippen LogP contribution in [-0.2, 0) is 10.0 Å². The van der Waals surface area contributed by atoms with Gasteiger partial charge in [0.15, 0.2) is 0 Å². The summed E-state index contributed by atoms with van der Waals surface area (Å²) in [6.45, 7) is 7.55. The summed E-state index contributed by atoms with van der Waals surface area (Å²) in [5.74, 6) is -0.157. The second kappa shape index (κ2) is 8.99. The zero-order chi connectivity index (χ0) is 20.2. The fourth-order valence-corrected chi connectivity index (χ4v) is 4.44. The Balaban J connectivity index is 2.34. The van der Waals surface area contributed by atoms with Crippen LogP contribution in [0.5, 0.6) is 0 Å². The van der Waals surface area contributed by atoms with Crippen molar-refractivity contribution in [2.24, 2.45) is 5.92 Å². The second-order valence-corrected chi connectivity index (χ2v) is 9.59. The molecular weight excluding hydrogens is 428 g/mol. The zero-order valence-electron chi connectivity index (χ0n) is 15.9. The van der Waals surface area contributed by atoms with E-state index in [1.165, 1.54) is 12.1 Å². The Morgan fingerprint density at radius 2 is 1.63 bits per heavy atom. The molecule has 0 saturated carbocycles. The van der Waals surface area contributed by atoms with Crippen LogP contribution in [0, 0.1) is 5.92 Å². The molecule has 0 aliphatic carbocycles. The van der Waals surface area contributed by atoms with Gasteiger partial charge in [-0.2, -0.15) is 0 Å². The molecule has 2 aromatic rings. The van der Waals surface area contributed by atoms with Crippen molar-refractivity contribution >= 4 is 31.9 Å². The van der Waals surface area contributed by atoms with Crippen molar-refractivity contribution in [1.82, 2.24) is 10.0 Å². The van der Waals surface area contributed by atoms with Crippen molar-refractivity contribution in [3.63, 3.8) is 0 Å². The van der Waals surface area contributed by atoms with Crippen molar-refractivity contribution in [2.45, 2.75) is 44.7 Å². The number of benzene rings is 2. The van der Waals surface area contributed by atoms with Crippen molar-refractivity contribution < 1.29 is 13.2 Å². The number of hydrogen-bond donors (Lipinski definition) is 2. The molecule has 2 rings (SSSR count). The molecule has 1 unspecified atom stereocenters. The van der Waals surface area contributed by atoms with E-state index in [0.29, 0.717) is 4.47 Å². The van der Waals surface area contributed by atoms with E-state index in [2.05, 4.69) is 26.0 Å². The van der Waals surface area contributed by atoms with Crippen LogP contribution in [-0.4, -0.2) is 20.4 Å². The van der Waals surface area contributed by atoms with E-state index in [9.17, 15) is 13.2 Å². The quantitative estimate of drug-likeness (QED) is 0.658. The van der Waals surface area contributed by atoms with Gasteiger partial charge >= 0.3 is 0 Å². The molecule has 0 heterocycles. The number of hydrogen-bond acceptors (Lipinski definition) is 3. The van der Waals surface area contributed by atoms with E-state index in [-0.39, 0.29) is 34.4 Å². The Morgan fingerprint density at radius 1 is 1.00 bits per heavy atom. The predicted octanol–water partition coefficient (Wildman–Crippen LogP) is 4.26. The van der Waals surface area contributed by atoms with E-state index < -0.39 is 10.0 Å². The van der Waals surface area contributed by atoms with Crippen LogP contribution in [0.2, 0.25) is 0 Å². The molecule has 7 heteroatoms. The molecule has 2 aromatic carbocycles. The topological polar surface area (TPSA) is 75.3 Å². The summed E-state index contributed by atoms with van der Waals surface area (Å²) in [5, 5.41) is 3.03. The summed E-state index contributed by atoms with van der Waals surface area (Å²) in [5.41, 5.74) is 1.28. The molecule has 0 bridgehead atoms. The van der Waals surface area contributed by atoms with Crippen molar-refractivity contribution in [1.29, 1.82) is 0 Å². The minimum absolute atomic E-state index is 0.0605. The molecule has 2 N–H and O–H groups in total. The van der Waals surface area contributed by atoms with E-state index in [4.69, 9.17) is 0 Å². The number of sulfonamides is 1. The van der Waals surface area contributed by atoms with Crippen molar-refractivity contribution in [2.75, 3.05) is 0 Å². The lowest BCUT2D eigenvalue weighted by molar-refractivity contribution is 0.0924. The maximum atomic E-state index is 12.9. The summed E-state index contributed by atoms with van der Waals surface area (Å²) < 4.78 is 27.9. The van der Waals surface area contributed by atoms with Crippen LogP contribution >= 0.6 is 15.9 Å². The Morgan fingerprint density at radius 3 is 2.19 bits per heavy atom. The molecule has 0 aliphatic rings. The van der Waals surface area contributed by atoms with Gasteiger partial charge in [-0.05, 0) is 59.5 Å². The number of amides is 1. The first-order chi connectivity index (χ1) is 12.6. The maximum absolute atomic E-state index is 12.9. The third kappa shape index (κ3) is 5.64. The predicted molar refractivity (Wildman–Crippen MR) is 111 cm³/mol. The van der Waals surface area contributed by atoms with Gasteiger partial charge in [0.2, 0.25) is 10.0 Å². The molecule has 146 valence electrons. The monoisotopic (exact) mass is 452 g/mol. The van der Waals surface area contributed by atoms with Crippen LogP contribution in [0.4, 0.5) is 0 Å². The molecule has 5 nitrogen and oxygen atoms in total. The highest BCUT2D eigenvalue weighted by molar-refractivity contribution is 9.10. The Hall–Kier alpha value is -1.70. The minimum atomic E-state index is -3.68. The summed E-state index contributed by atoms with van der Waals surface area (Å²) in [7, 11) is -3.68. The largest absolute Gasteiger partial charge is 0.345 e. The third-order valence-electron chi connectivity index (χ3n) is 4.00. The highest BCUT2D eigenvalue weighted by atomic mass is 79.9. The minimum Gasteiger partial charge on any atom is -0.345 e. The van der Waals surface area contributed by atoms with Gasteiger partial charge in [-0.25, -0.2) is 13.1 Å². The molecule has 27 heavy (non-hydrogen) atoms. The first kappa shape index (κ1) is 21.6. The number of rotatable bonds is 7. The molecule has 1 atom stereocenters. The Bertz CT molecular complexity index is 897. The van der Waals surface area contributed by atoms with E-state index in [1.807, 2.05) is 44.2 Å². The van der Waals surface area contributed by atoms with Gasteiger partial charge in [-0.1, -0.05) is 44.2 Å². The Kier molecular flexibility index (Phi) is 7.19. The highest BCUT2D eigenvalue weighted by Gasteiger charge is 2.23. The molecular formula is C20H25BrN2O3S. The summed E-state index contributed by atoms with van der Waals surface area (Å²) in [4.78, 5) is 13.0. The summed E-state index contributed by atoms with van der Waals surface area (Å²) >= 11 is 3.36. The van der Waals surface area contributed by atoms with Gasteiger partial charge in [-0.3, -0.25) is 4.79 Å². The highest BCUT2D eigenvalue weighted by Crippen LogP contribution is 2.25. The average molecular weight is 453 g/mol. The maximum Gasteiger partial charge on any atom is 0.252 e.